The number of hydrogen-bond acceptors (Lipinski definition) is 5. The van der Waals surface area contributed by atoms with E-state index < -0.39 is 0 Å². The van der Waals surface area contributed by atoms with Gasteiger partial charge in [-0.05, 0) is 25.0 Å². The Morgan fingerprint density at radius 2 is 2.50 bits per heavy atom. The number of pyridine rings is 1. The highest BCUT2D eigenvalue weighted by Gasteiger charge is 2.29. The Morgan fingerprint density at radius 3 is 3.17 bits per heavy atom. The van der Waals surface area contributed by atoms with Gasteiger partial charge in [0, 0.05) is 32.4 Å². The van der Waals surface area contributed by atoms with Crippen LogP contribution in [0.1, 0.15) is 18.5 Å². The molecule has 0 amide bonds. The predicted molar refractivity (Wildman–Crippen MR) is 69.2 cm³/mol. The van der Waals surface area contributed by atoms with Crippen molar-refractivity contribution < 1.29 is 4.74 Å². The topological polar surface area (TPSA) is 75.2 Å². The molecule has 1 aromatic heterocycles. The number of anilines is 1. The van der Waals surface area contributed by atoms with Crippen molar-refractivity contribution in [3.63, 3.8) is 0 Å². The van der Waals surface area contributed by atoms with Crippen molar-refractivity contribution in [3.8, 4) is 6.07 Å². The van der Waals surface area contributed by atoms with E-state index in [2.05, 4.69) is 16.0 Å². The fraction of sp³-hybridized carbons (Fsp3) is 0.538. The molecule has 0 saturated carbocycles. The molecule has 5 heteroatoms. The van der Waals surface area contributed by atoms with E-state index in [0.29, 0.717) is 12.2 Å². The third kappa shape index (κ3) is 2.45. The average Bonchev–Trinajstić information content (AvgIpc) is 2.46. The molecule has 0 aliphatic carbocycles. The molecule has 2 heterocycles. The highest BCUT2D eigenvalue weighted by Crippen LogP contribution is 2.27. The zero-order valence-electron chi connectivity index (χ0n) is 10.5. The summed E-state index contributed by atoms with van der Waals surface area (Å²) >= 11 is 0. The summed E-state index contributed by atoms with van der Waals surface area (Å²) in [6, 6.07) is 6.13. The van der Waals surface area contributed by atoms with E-state index in [-0.39, 0.29) is 12.1 Å². The van der Waals surface area contributed by atoms with Crippen LogP contribution in [0.5, 0.6) is 0 Å². The first-order valence-corrected chi connectivity index (χ1v) is 6.14. The van der Waals surface area contributed by atoms with Crippen LogP contribution in [0.3, 0.4) is 0 Å². The lowest BCUT2D eigenvalue weighted by Gasteiger charge is -2.40. The van der Waals surface area contributed by atoms with Crippen LogP contribution in [0.15, 0.2) is 18.3 Å². The maximum absolute atomic E-state index is 9.11. The molecule has 18 heavy (non-hydrogen) atoms. The van der Waals surface area contributed by atoms with Gasteiger partial charge in [-0.3, -0.25) is 0 Å². The van der Waals surface area contributed by atoms with E-state index in [1.54, 1.807) is 13.3 Å². The largest absolute Gasteiger partial charge is 0.381 e. The highest BCUT2D eigenvalue weighted by atomic mass is 16.5. The quantitative estimate of drug-likeness (QED) is 0.857. The number of nitrogens with zero attached hydrogens (tertiary/aromatic N) is 3. The van der Waals surface area contributed by atoms with Crippen LogP contribution in [0.4, 0.5) is 5.69 Å². The number of aromatic nitrogens is 1. The van der Waals surface area contributed by atoms with Gasteiger partial charge in [0.05, 0.1) is 11.8 Å². The molecule has 1 fully saturated rings. The SMILES string of the molecule is COC1CCN(c2cccnc2C#N)C(CN)C1. The molecule has 1 aliphatic rings. The van der Waals surface area contributed by atoms with Crippen molar-refractivity contribution in [1.82, 2.24) is 4.98 Å². The summed E-state index contributed by atoms with van der Waals surface area (Å²) in [7, 11) is 1.73. The maximum Gasteiger partial charge on any atom is 0.163 e. The number of piperidine rings is 1. The molecular formula is C13H18N4O. The van der Waals surface area contributed by atoms with Gasteiger partial charge >= 0.3 is 0 Å². The van der Waals surface area contributed by atoms with E-state index in [4.69, 9.17) is 15.7 Å². The summed E-state index contributed by atoms with van der Waals surface area (Å²) in [6.07, 6.45) is 3.75. The van der Waals surface area contributed by atoms with Crippen molar-refractivity contribution in [1.29, 1.82) is 5.26 Å². The summed E-state index contributed by atoms with van der Waals surface area (Å²) < 4.78 is 5.40. The second-order valence-corrected chi connectivity index (χ2v) is 4.45. The minimum Gasteiger partial charge on any atom is -0.381 e. The Hall–Kier alpha value is -1.64. The molecule has 2 unspecified atom stereocenters. The number of ether oxygens (including phenoxy) is 1. The minimum atomic E-state index is 0.208. The minimum absolute atomic E-state index is 0.208. The van der Waals surface area contributed by atoms with Gasteiger partial charge in [0.25, 0.3) is 0 Å². The lowest BCUT2D eigenvalue weighted by atomic mass is 9.98. The van der Waals surface area contributed by atoms with Gasteiger partial charge in [-0.25, -0.2) is 4.98 Å². The fourth-order valence-corrected chi connectivity index (χ4v) is 2.48. The molecule has 2 rings (SSSR count). The monoisotopic (exact) mass is 246 g/mol. The van der Waals surface area contributed by atoms with Crippen LogP contribution in [-0.4, -0.2) is 37.3 Å². The fourth-order valence-electron chi connectivity index (χ4n) is 2.48. The van der Waals surface area contributed by atoms with Crippen molar-refractivity contribution in [2.45, 2.75) is 25.0 Å². The standard InChI is InChI=1S/C13H18N4O/c1-18-11-4-6-17(10(7-11)8-14)13-3-2-5-16-12(13)9-15/h2-3,5,10-11H,4,6-8,14H2,1H3. The Labute approximate surface area is 107 Å². The third-order valence-corrected chi connectivity index (χ3v) is 3.47. The van der Waals surface area contributed by atoms with E-state index >= 15 is 0 Å². The third-order valence-electron chi connectivity index (χ3n) is 3.47. The summed E-state index contributed by atoms with van der Waals surface area (Å²) in [5, 5.41) is 9.11. The van der Waals surface area contributed by atoms with E-state index in [0.717, 1.165) is 25.1 Å². The van der Waals surface area contributed by atoms with Crippen LogP contribution < -0.4 is 10.6 Å². The molecule has 0 aromatic carbocycles. The Kier molecular flexibility index (Phi) is 4.13. The molecule has 2 atom stereocenters. The molecule has 0 spiro atoms. The van der Waals surface area contributed by atoms with E-state index in [1.807, 2.05) is 12.1 Å². The maximum atomic E-state index is 9.11. The van der Waals surface area contributed by atoms with Gasteiger partial charge in [0.1, 0.15) is 6.07 Å². The summed E-state index contributed by atoms with van der Waals surface area (Å²) in [4.78, 5) is 6.29. The van der Waals surface area contributed by atoms with Gasteiger partial charge < -0.3 is 15.4 Å². The molecule has 0 bridgehead atoms. The van der Waals surface area contributed by atoms with Crippen molar-refractivity contribution >= 4 is 5.69 Å². The van der Waals surface area contributed by atoms with Crippen LogP contribution >= 0.6 is 0 Å². The summed E-state index contributed by atoms with van der Waals surface area (Å²) in [5.41, 5.74) is 7.18. The second kappa shape index (κ2) is 5.80. The zero-order chi connectivity index (χ0) is 13.0. The first kappa shape index (κ1) is 12.8. The van der Waals surface area contributed by atoms with E-state index in [9.17, 15) is 0 Å². The molecule has 2 N–H and O–H groups in total. The Balaban J connectivity index is 2.24. The van der Waals surface area contributed by atoms with Crippen molar-refractivity contribution in [3.05, 3.63) is 24.0 Å². The smallest absolute Gasteiger partial charge is 0.163 e. The molecule has 1 aliphatic heterocycles. The molecule has 0 radical (unpaired) electrons. The van der Waals surface area contributed by atoms with Crippen LogP contribution in [0.2, 0.25) is 0 Å². The van der Waals surface area contributed by atoms with Crippen LogP contribution in [-0.2, 0) is 4.74 Å². The average molecular weight is 246 g/mol. The molecule has 96 valence electrons. The first-order valence-electron chi connectivity index (χ1n) is 6.14. The predicted octanol–water partition coefficient (Wildman–Crippen LogP) is 0.896. The number of nitriles is 1. The van der Waals surface area contributed by atoms with Gasteiger partial charge in [0.2, 0.25) is 0 Å². The highest BCUT2D eigenvalue weighted by molar-refractivity contribution is 5.56. The summed E-state index contributed by atoms with van der Waals surface area (Å²) in [5.74, 6) is 0. The number of nitrogens with two attached hydrogens (primary N) is 1. The van der Waals surface area contributed by atoms with Gasteiger partial charge in [0.15, 0.2) is 5.69 Å². The number of methoxy groups -OCH3 is 1. The molecular weight excluding hydrogens is 228 g/mol. The zero-order valence-corrected chi connectivity index (χ0v) is 10.5. The summed E-state index contributed by atoms with van der Waals surface area (Å²) in [6.45, 7) is 1.40. The molecule has 1 saturated heterocycles. The van der Waals surface area contributed by atoms with Gasteiger partial charge in [-0.1, -0.05) is 0 Å². The Bertz CT molecular complexity index is 443. The van der Waals surface area contributed by atoms with Crippen LogP contribution in [0, 0.1) is 11.3 Å². The normalized spacial score (nSPS) is 23.7. The lowest BCUT2D eigenvalue weighted by Crippen LogP contribution is -2.49. The number of hydrogen-bond donors (Lipinski definition) is 1. The van der Waals surface area contributed by atoms with Crippen molar-refractivity contribution in [2.75, 3.05) is 25.1 Å². The molecule has 1 aromatic rings. The van der Waals surface area contributed by atoms with E-state index in [1.165, 1.54) is 0 Å². The van der Waals surface area contributed by atoms with Gasteiger partial charge in [-0.2, -0.15) is 5.26 Å². The van der Waals surface area contributed by atoms with Crippen molar-refractivity contribution in [2.24, 2.45) is 5.73 Å². The lowest BCUT2D eigenvalue weighted by molar-refractivity contribution is 0.0709. The number of rotatable bonds is 3. The Morgan fingerprint density at radius 1 is 1.67 bits per heavy atom. The van der Waals surface area contributed by atoms with Gasteiger partial charge in [-0.15, -0.1) is 0 Å². The first-order chi connectivity index (χ1) is 8.80. The van der Waals surface area contributed by atoms with Crippen LogP contribution in [0.25, 0.3) is 0 Å². The second-order valence-electron chi connectivity index (χ2n) is 4.45. The molecule has 5 nitrogen and oxygen atoms in total.